The summed E-state index contributed by atoms with van der Waals surface area (Å²) in [7, 11) is 0. The third-order valence-electron chi connectivity index (χ3n) is 3.84. The van der Waals surface area contributed by atoms with Crippen LogP contribution in [-0.4, -0.2) is 40.7 Å². The van der Waals surface area contributed by atoms with Gasteiger partial charge in [-0.05, 0) is 45.7 Å². The average molecular weight is 252 g/mol. The van der Waals surface area contributed by atoms with Crippen molar-refractivity contribution >= 4 is 0 Å². The fraction of sp³-hybridized carbons (Fsp3) is 0.846. The van der Waals surface area contributed by atoms with E-state index in [1.807, 2.05) is 6.92 Å². The van der Waals surface area contributed by atoms with Crippen LogP contribution >= 0.6 is 0 Å². The van der Waals surface area contributed by atoms with Gasteiger partial charge < -0.3 is 14.7 Å². The molecule has 5 nitrogen and oxygen atoms in total. The van der Waals surface area contributed by atoms with Crippen LogP contribution in [0.15, 0.2) is 4.52 Å². The van der Waals surface area contributed by atoms with E-state index in [0.29, 0.717) is 24.3 Å². The average Bonchev–Trinajstić information content (AvgIpc) is 2.82. The van der Waals surface area contributed by atoms with Gasteiger partial charge in [-0.1, -0.05) is 12.1 Å². The molecule has 0 saturated carbocycles. The van der Waals surface area contributed by atoms with Gasteiger partial charge in [-0.2, -0.15) is 4.98 Å². The molecule has 1 aliphatic rings. The zero-order valence-corrected chi connectivity index (χ0v) is 11.6. The molecular weight excluding hydrogens is 228 g/mol. The van der Waals surface area contributed by atoms with Gasteiger partial charge in [0.1, 0.15) is 0 Å². The number of hydrogen-bond acceptors (Lipinski definition) is 5. The second-order valence-corrected chi connectivity index (χ2v) is 5.20. The summed E-state index contributed by atoms with van der Waals surface area (Å²) in [6, 6.07) is 0.492. The van der Waals surface area contributed by atoms with E-state index in [-0.39, 0.29) is 0 Å². The Kier molecular flexibility index (Phi) is 4.72. The molecule has 102 valence electrons. The van der Waals surface area contributed by atoms with E-state index in [4.69, 9.17) is 4.52 Å². The highest BCUT2D eigenvalue weighted by Crippen LogP contribution is 2.19. The Morgan fingerprint density at radius 1 is 1.56 bits per heavy atom. The van der Waals surface area contributed by atoms with Crippen LogP contribution in [0.5, 0.6) is 0 Å². The highest BCUT2D eigenvalue weighted by molar-refractivity contribution is 4.85. The minimum absolute atomic E-state index is 0.492. The van der Waals surface area contributed by atoms with E-state index in [0.717, 1.165) is 12.5 Å². The Balaban J connectivity index is 1.78. The molecule has 0 amide bonds. The summed E-state index contributed by atoms with van der Waals surface area (Å²) < 4.78 is 5.11. The Morgan fingerprint density at radius 3 is 3.06 bits per heavy atom. The van der Waals surface area contributed by atoms with Gasteiger partial charge in [0.05, 0.1) is 6.54 Å². The van der Waals surface area contributed by atoms with Crippen LogP contribution in [0.3, 0.4) is 0 Å². The van der Waals surface area contributed by atoms with Crippen LogP contribution in [0.4, 0.5) is 0 Å². The lowest BCUT2D eigenvalue weighted by molar-refractivity contribution is 0.155. The maximum atomic E-state index is 5.11. The number of likely N-dealkylation sites (tertiary alicyclic amines) is 1. The van der Waals surface area contributed by atoms with Crippen LogP contribution < -0.4 is 5.32 Å². The van der Waals surface area contributed by atoms with E-state index in [1.165, 1.54) is 25.9 Å². The molecule has 2 unspecified atom stereocenters. The molecule has 1 aromatic rings. The Bertz CT molecular complexity index is 366. The molecule has 0 radical (unpaired) electrons. The summed E-state index contributed by atoms with van der Waals surface area (Å²) in [5.74, 6) is 2.11. The van der Waals surface area contributed by atoms with Crippen molar-refractivity contribution in [3.8, 4) is 0 Å². The lowest BCUT2D eigenvalue weighted by Crippen LogP contribution is -2.44. The molecule has 0 aromatic carbocycles. The quantitative estimate of drug-likeness (QED) is 0.862. The van der Waals surface area contributed by atoms with Gasteiger partial charge in [0.25, 0.3) is 0 Å². The van der Waals surface area contributed by atoms with E-state index < -0.39 is 0 Å². The predicted octanol–water partition coefficient (Wildman–Crippen LogP) is 1.59. The smallest absolute Gasteiger partial charge is 0.240 e. The molecule has 1 saturated heterocycles. The molecule has 0 bridgehead atoms. The van der Waals surface area contributed by atoms with Gasteiger partial charge >= 0.3 is 0 Å². The number of nitrogens with zero attached hydrogens (tertiary/aromatic N) is 3. The third kappa shape index (κ3) is 3.53. The summed E-state index contributed by atoms with van der Waals surface area (Å²) in [6.07, 6.45) is 2.62. The Morgan fingerprint density at radius 2 is 2.39 bits per heavy atom. The van der Waals surface area contributed by atoms with Crippen molar-refractivity contribution in [2.75, 3.05) is 19.6 Å². The predicted molar refractivity (Wildman–Crippen MR) is 70.2 cm³/mol. The van der Waals surface area contributed by atoms with Crippen molar-refractivity contribution in [1.29, 1.82) is 0 Å². The van der Waals surface area contributed by atoms with Crippen LogP contribution in [0.2, 0.25) is 0 Å². The van der Waals surface area contributed by atoms with Crippen LogP contribution in [0.25, 0.3) is 0 Å². The van der Waals surface area contributed by atoms with E-state index in [1.54, 1.807) is 0 Å². The standard InChI is InChI=1S/C13H24N4O/c1-4-17-7-5-6-12(9-17)10(2)14-8-13-15-11(3)16-18-13/h10,12,14H,4-9H2,1-3H3. The lowest BCUT2D eigenvalue weighted by Gasteiger charge is -2.35. The van der Waals surface area contributed by atoms with Crippen molar-refractivity contribution in [3.63, 3.8) is 0 Å². The SMILES string of the molecule is CCN1CCCC(C(C)NCc2nc(C)no2)C1. The zero-order valence-electron chi connectivity index (χ0n) is 11.6. The van der Waals surface area contributed by atoms with Gasteiger partial charge in [-0.3, -0.25) is 0 Å². The first-order valence-electron chi connectivity index (χ1n) is 6.94. The second kappa shape index (κ2) is 6.29. The molecule has 2 heterocycles. The number of hydrogen-bond donors (Lipinski definition) is 1. The minimum Gasteiger partial charge on any atom is -0.338 e. The second-order valence-electron chi connectivity index (χ2n) is 5.20. The molecule has 1 fully saturated rings. The van der Waals surface area contributed by atoms with E-state index in [2.05, 4.69) is 34.2 Å². The lowest BCUT2D eigenvalue weighted by atomic mass is 9.91. The zero-order chi connectivity index (χ0) is 13.0. The molecule has 2 rings (SSSR count). The minimum atomic E-state index is 0.492. The van der Waals surface area contributed by atoms with Crippen LogP contribution in [0, 0.1) is 12.8 Å². The van der Waals surface area contributed by atoms with E-state index >= 15 is 0 Å². The maximum absolute atomic E-state index is 5.11. The molecule has 0 spiro atoms. The van der Waals surface area contributed by atoms with Crippen molar-refractivity contribution in [1.82, 2.24) is 20.4 Å². The molecular formula is C13H24N4O. The summed E-state index contributed by atoms with van der Waals surface area (Å²) >= 11 is 0. The molecule has 1 N–H and O–H groups in total. The highest BCUT2D eigenvalue weighted by Gasteiger charge is 2.23. The fourth-order valence-electron chi connectivity index (χ4n) is 2.61. The van der Waals surface area contributed by atoms with Gasteiger partial charge in [-0.15, -0.1) is 0 Å². The van der Waals surface area contributed by atoms with Crippen molar-refractivity contribution in [3.05, 3.63) is 11.7 Å². The molecule has 5 heteroatoms. The Hall–Kier alpha value is -0.940. The largest absolute Gasteiger partial charge is 0.338 e. The van der Waals surface area contributed by atoms with Crippen LogP contribution in [0.1, 0.15) is 38.4 Å². The van der Waals surface area contributed by atoms with Crippen molar-refractivity contribution in [2.45, 2.75) is 46.2 Å². The van der Waals surface area contributed by atoms with Gasteiger partial charge in [0.15, 0.2) is 5.82 Å². The number of piperidine rings is 1. The van der Waals surface area contributed by atoms with Gasteiger partial charge in [0.2, 0.25) is 5.89 Å². The number of nitrogens with one attached hydrogen (secondary N) is 1. The monoisotopic (exact) mass is 252 g/mol. The number of aromatic nitrogens is 2. The summed E-state index contributed by atoms with van der Waals surface area (Å²) in [4.78, 5) is 6.74. The third-order valence-corrected chi connectivity index (χ3v) is 3.84. The van der Waals surface area contributed by atoms with Gasteiger partial charge in [0, 0.05) is 12.6 Å². The maximum Gasteiger partial charge on any atom is 0.240 e. The first-order chi connectivity index (χ1) is 8.69. The highest BCUT2D eigenvalue weighted by atomic mass is 16.5. The van der Waals surface area contributed by atoms with E-state index in [9.17, 15) is 0 Å². The van der Waals surface area contributed by atoms with Gasteiger partial charge in [-0.25, -0.2) is 0 Å². The normalized spacial score (nSPS) is 23.2. The fourth-order valence-corrected chi connectivity index (χ4v) is 2.61. The summed E-state index contributed by atoms with van der Waals surface area (Å²) in [5, 5.41) is 7.30. The molecule has 0 aliphatic carbocycles. The molecule has 18 heavy (non-hydrogen) atoms. The van der Waals surface area contributed by atoms with Crippen molar-refractivity contribution in [2.24, 2.45) is 5.92 Å². The first-order valence-corrected chi connectivity index (χ1v) is 6.94. The molecule has 1 aromatic heterocycles. The first kappa shape index (κ1) is 13.5. The number of rotatable bonds is 5. The summed E-state index contributed by atoms with van der Waals surface area (Å²) in [6.45, 7) is 10.6. The summed E-state index contributed by atoms with van der Waals surface area (Å²) in [5.41, 5.74) is 0. The molecule has 1 aliphatic heterocycles. The van der Waals surface area contributed by atoms with Crippen LogP contribution in [-0.2, 0) is 6.54 Å². The number of aryl methyl sites for hydroxylation is 1. The molecule has 2 atom stereocenters. The van der Waals surface area contributed by atoms with Crippen molar-refractivity contribution < 1.29 is 4.52 Å². The Labute approximate surface area is 109 Å². The topological polar surface area (TPSA) is 54.2 Å².